The highest BCUT2D eigenvalue weighted by Gasteiger charge is 2.45. The lowest BCUT2D eigenvalue weighted by Gasteiger charge is -2.30. The van der Waals surface area contributed by atoms with E-state index < -0.39 is 16.1 Å². The van der Waals surface area contributed by atoms with E-state index in [1.165, 1.54) is 63.5 Å². The minimum atomic E-state index is -1.38. The van der Waals surface area contributed by atoms with Crippen LogP contribution in [-0.2, 0) is 9.47 Å². The van der Waals surface area contributed by atoms with Gasteiger partial charge in [0.15, 0.2) is 0 Å². The monoisotopic (exact) mass is 442 g/mol. The Hall–Kier alpha value is -0.426. The number of fused-ring (bicyclic) bond motifs is 2. The summed E-state index contributed by atoms with van der Waals surface area (Å²) in [7, 11) is -2.75. The Balaban J connectivity index is 1.18. The van der Waals surface area contributed by atoms with Gasteiger partial charge in [-0.15, -0.1) is 0 Å². The molecule has 5 rings (SSSR count). The fourth-order valence-corrected chi connectivity index (χ4v) is 11.4. The molecule has 2 saturated carbocycles. The van der Waals surface area contributed by atoms with Crippen LogP contribution in [0.3, 0.4) is 0 Å². The fraction of sp³-hybridized carbons (Fsp3) is 0.769. The van der Waals surface area contributed by atoms with Crippen molar-refractivity contribution in [2.75, 3.05) is 0 Å². The predicted molar refractivity (Wildman–Crippen MR) is 132 cm³/mol. The van der Waals surface area contributed by atoms with Crippen molar-refractivity contribution in [1.82, 2.24) is 0 Å². The maximum Gasteiger partial charge on any atom is 0.0844 e. The molecule has 166 valence electrons. The first kappa shape index (κ1) is 21.4. The maximum atomic E-state index is 5.76. The zero-order valence-corrected chi connectivity index (χ0v) is 21.7. The number of epoxide rings is 2. The van der Waals surface area contributed by atoms with Gasteiger partial charge in [0.05, 0.1) is 40.6 Å². The molecule has 2 nitrogen and oxygen atoms in total. The summed E-state index contributed by atoms with van der Waals surface area (Å²) >= 11 is 0. The second-order valence-electron chi connectivity index (χ2n) is 12.2. The van der Waals surface area contributed by atoms with Crippen LogP contribution in [0.2, 0.25) is 38.3 Å². The zero-order chi connectivity index (χ0) is 20.9. The van der Waals surface area contributed by atoms with E-state index in [1.807, 2.05) is 0 Å². The summed E-state index contributed by atoms with van der Waals surface area (Å²) in [5.41, 5.74) is 0. The molecule has 0 amide bonds. The molecule has 1 aromatic carbocycles. The minimum Gasteiger partial charge on any atom is -0.370 e. The molecule has 0 aromatic heterocycles. The molecular weight excluding hydrogens is 400 g/mol. The van der Waals surface area contributed by atoms with Gasteiger partial charge in [0.1, 0.15) is 0 Å². The molecule has 0 bridgehead atoms. The Kier molecular flexibility index (Phi) is 5.83. The first-order valence-electron chi connectivity index (χ1n) is 12.7. The molecule has 0 N–H and O–H groups in total. The van der Waals surface area contributed by atoms with E-state index in [1.54, 1.807) is 10.4 Å². The highest BCUT2D eigenvalue weighted by atomic mass is 28.3. The molecule has 30 heavy (non-hydrogen) atoms. The molecule has 6 unspecified atom stereocenters. The van der Waals surface area contributed by atoms with E-state index in [2.05, 4.69) is 50.5 Å². The Morgan fingerprint density at radius 1 is 0.700 bits per heavy atom. The van der Waals surface area contributed by atoms with Crippen molar-refractivity contribution in [2.45, 2.75) is 114 Å². The van der Waals surface area contributed by atoms with Crippen LogP contribution in [0.15, 0.2) is 24.3 Å². The molecule has 0 spiro atoms. The molecule has 6 atom stereocenters. The van der Waals surface area contributed by atoms with Crippen LogP contribution in [0.5, 0.6) is 0 Å². The minimum absolute atomic E-state index is 0.630. The summed E-state index contributed by atoms with van der Waals surface area (Å²) in [6, 6.07) is 12.8. The van der Waals surface area contributed by atoms with Gasteiger partial charge in [-0.05, 0) is 50.4 Å². The van der Waals surface area contributed by atoms with Crippen LogP contribution in [0.4, 0.5) is 0 Å². The van der Waals surface area contributed by atoms with Crippen molar-refractivity contribution < 1.29 is 9.47 Å². The Bertz CT molecular complexity index is 702. The molecule has 2 heterocycles. The van der Waals surface area contributed by atoms with Crippen LogP contribution in [0, 0.1) is 11.8 Å². The lowest BCUT2D eigenvalue weighted by atomic mass is 9.87. The first-order valence-corrected chi connectivity index (χ1v) is 19.1. The van der Waals surface area contributed by atoms with Gasteiger partial charge in [-0.3, -0.25) is 0 Å². The van der Waals surface area contributed by atoms with Gasteiger partial charge in [-0.1, -0.05) is 85.8 Å². The molecule has 2 saturated heterocycles. The van der Waals surface area contributed by atoms with E-state index >= 15 is 0 Å². The van der Waals surface area contributed by atoms with Crippen LogP contribution >= 0.6 is 0 Å². The topological polar surface area (TPSA) is 25.1 Å². The third kappa shape index (κ3) is 4.82. The summed E-state index contributed by atoms with van der Waals surface area (Å²) in [6.07, 6.45) is 13.5. The molecule has 1 aromatic rings. The van der Waals surface area contributed by atoms with Crippen LogP contribution in [-0.4, -0.2) is 40.6 Å². The highest BCUT2D eigenvalue weighted by molar-refractivity contribution is 6.92. The van der Waals surface area contributed by atoms with Gasteiger partial charge in [0, 0.05) is 0 Å². The first-order chi connectivity index (χ1) is 14.3. The largest absolute Gasteiger partial charge is 0.370 e. The van der Waals surface area contributed by atoms with E-state index in [0.29, 0.717) is 24.4 Å². The molecular formula is C26H42O2Si2. The van der Waals surface area contributed by atoms with Crippen molar-refractivity contribution >= 4 is 26.5 Å². The lowest BCUT2D eigenvalue weighted by molar-refractivity contribution is 0.357. The van der Waals surface area contributed by atoms with Crippen molar-refractivity contribution in [1.29, 1.82) is 0 Å². The van der Waals surface area contributed by atoms with Gasteiger partial charge in [-0.2, -0.15) is 0 Å². The lowest BCUT2D eigenvalue weighted by Crippen LogP contribution is -2.48. The second kappa shape index (κ2) is 8.17. The highest BCUT2D eigenvalue weighted by Crippen LogP contribution is 2.42. The van der Waals surface area contributed by atoms with Gasteiger partial charge in [0.25, 0.3) is 0 Å². The van der Waals surface area contributed by atoms with Crippen molar-refractivity contribution in [3.63, 3.8) is 0 Å². The maximum absolute atomic E-state index is 5.76. The quantitative estimate of drug-likeness (QED) is 0.396. The summed E-state index contributed by atoms with van der Waals surface area (Å²) in [4.78, 5) is 0. The molecule has 2 aliphatic carbocycles. The number of hydrogen-bond donors (Lipinski definition) is 0. The molecule has 4 aliphatic rings. The van der Waals surface area contributed by atoms with Crippen molar-refractivity contribution in [2.24, 2.45) is 11.8 Å². The summed E-state index contributed by atoms with van der Waals surface area (Å²) < 4.78 is 11.5. The van der Waals surface area contributed by atoms with E-state index in [-0.39, 0.29) is 0 Å². The standard InChI is InChI=1S/C26H42O2Si2/c1-29(2,14-12-19-8-10-23-25(16-19)27-23)21-6-5-7-22(18-21)30(3,4)15-13-20-9-11-24-26(17-20)28-24/h5-7,18-20,23-26H,8-17H2,1-4H3. The molecule has 2 aliphatic heterocycles. The third-order valence-corrected chi connectivity index (χ3v) is 15.8. The SMILES string of the molecule is C[Si](C)(CCC1CCC2OC2C1)c1cccc([Si](C)(C)CCC2CCC3OC3C2)c1. The number of benzene rings is 1. The smallest absolute Gasteiger partial charge is 0.0844 e. The number of hydrogen-bond acceptors (Lipinski definition) is 2. The van der Waals surface area contributed by atoms with Crippen molar-refractivity contribution in [3.8, 4) is 0 Å². The second-order valence-corrected chi connectivity index (χ2v) is 21.9. The molecule has 4 fully saturated rings. The number of rotatable bonds is 8. The summed E-state index contributed by atoms with van der Waals surface area (Å²) in [6.45, 7) is 10.4. The van der Waals surface area contributed by atoms with Gasteiger partial charge >= 0.3 is 0 Å². The van der Waals surface area contributed by atoms with E-state index in [0.717, 1.165) is 11.8 Å². The average Bonchev–Trinajstić information content (AvgIpc) is 3.65. The summed E-state index contributed by atoms with van der Waals surface area (Å²) in [5.74, 6) is 1.83. The number of ether oxygens (including phenoxy) is 2. The normalized spacial score (nSPS) is 35.5. The average molecular weight is 443 g/mol. The van der Waals surface area contributed by atoms with Crippen LogP contribution < -0.4 is 10.4 Å². The van der Waals surface area contributed by atoms with Gasteiger partial charge in [0.2, 0.25) is 0 Å². The Morgan fingerprint density at radius 2 is 1.17 bits per heavy atom. The molecule has 4 heteroatoms. The van der Waals surface area contributed by atoms with Crippen molar-refractivity contribution in [3.05, 3.63) is 24.3 Å². The predicted octanol–water partition coefficient (Wildman–Crippen LogP) is 5.43. The third-order valence-electron chi connectivity index (χ3n) is 9.01. The van der Waals surface area contributed by atoms with Crippen LogP contribution in [0.1, 0.15) is 51.4 Å². The van der Waals surface area contributed by atoms with E-state index in [4.69, 9.17) is 9.47 Å². The zero-order valence-electron chi connectivity index (χ0n) is 19.7. The Labute approximate surface area is 186 Å². The summed E-state index contributed by atoms with van der Waals surface area (Å²) in [5, 5.41) is 3.40. The van der Waals surface area contributed by atoms with E-state index in [9.17, 15) is 0 Å². The fourth-order valence-electron chi connectivity index (χ4n) is 6.28. The molecule has 0 radical (unpaired) electrons. The van der Waals surface area contributed by atoms with Gasteiger partial charge in [-0.25, -0.2) is 0 Å². The Morgan fingerprint density at radius 3 is 1.60 bits per heavy atom. The van der Waals surface area contributed by atoms with Crippen LogP contribution in [0.25, 0.3) is 0 Å². The van der Waals surface area contributed by atoms with Gasteiger partial charge < -0.3 is 9.47 Å².